The summed E-state index contributed by atoms with van der Waals surface area (Å²) in [6.07, 6.45) is -3.16. The van der Waals surface area contributed by atoms with Gasteiger partial charge in [-0.1, -0.05) is 5.21 Å². The molecule has 2 N–H and O–H groups in total. The number of amides is 1. The molecule has 0 saturated carbocycles. The number of carbonyl (C=O) groups is 1. The number of hydrogen-bond donors (Lipinski definition) is 2. The maximum absolute atomic E-state index is 13.5. The van der Waals surface area contributed by atoms with Crippen molar-refractivity contribution in [3.05, 3.63) is 52.7 Å². The minimum Gasteiger partial charge on any atom is -0.348 e. The summed E-state index contributed by atoms with van der Waals surface area (Å²) in [5, 5.41) is 13.6. The monoisotopic (exact) mass is 498 g/mol. The second-order valence-electron chi connectivity index (χ2n) is 7.67. The number of aromatic nitrogens is 5. The highest BCUT2D eigenvalue weighted by Crippen LogP contribution is 2.33. The summed E-state index contributed by atoms with van der Waals surface area (Å²) in [5.74, 6) is -0.0663. The van der Waals surface area contributed by atoms with Crippen LogP contribution >= 0.6 is 13.5 Å². The van der Waals surface area contributed by atoms with Gasteiger partial charge in [0.15, 0.2) is 5.82 Å². The van der Waals surface area contributed by atoms with Crippen molar-refractivity contribution in [2.45, 2.75) is 39.2 Å². The molecular formula is C20H22F4N8OS. The van der Waals surface area contributed by atoms with Crippen molar-refractivity contribution in [1.82, 2.24) is 25.0 Å². The number of hydrogen-bond acceptors (Lipinski definition) is 7. The van der Waals surface area contributed by atoms with Gasteiger partial charge in [-0.3, -0.25) is 4.79 Å². The molecule has 1 aromatic carbocycles. The first-order valence-electron chi connectivity index (χ1n) is 9.93. The molecule has 4 rings (SSSR count). The van der Waals surface area contributed by atoms with Crippen molar-refractivity contribution in [2.24, 2.45) is 0 Å². The van der Waals surface area contributed by atoms with Crippen molar-refractivity contribution >= 4 is 36.9 Å². The number of nitrogens with one attached hydrogen (secondary N) is 2. The minimum absolute atomic E-state index is 0. The van der Waals surface area contributed by atoms with Crippen molar-refractivity contribution in [3.8, 4) is 0 Å². The van der Waals surface area contributed by atoms with E-state index in [1.807, 2.05) is 0 Å². The third-order valence-electron chi connectivity index (χ3n) is 5.33. The van der Waals surface area contributed by atoms with E-state index in [9.17, 15) is 22.4 Å². The lowest BCUT2D eigenvalue weighted by Crippen LogP contribution is -2.44. The van der Waals surface area contributed by atoms with Gasteiger partial charge in [0, 0.05) is 7.05 Å². The molecule has 0 radical (unpaired) electrons. The molecule has 0 spiro atoms. The van der Waals surface area contributed by atoms with Gasteiger partial charge < -0.3 is 15.5 Å². The fourth-order valence-electron chi connectivity index (χ4n) is 3.44. The van der Waals surface area contributed by atoms with Gasteiger partial charge in [-0.15, -0.1) is 5.10 Å². The zero-order valence-electron chi connectivity index (χ0n) is 18.4. The molecule has 0 bridgehead atoms. The Morgan fingerprint density at radius 2 is 1.97 bits per heavy atom. The Morgan fingerprint density at radius 3 is 2.68 bits per heavy atom. The summed E-state index contributed by atoms with van der Waals surface area (Å²) in [4.78, 5) is 22.5. The molecule has 1 amide bonds. The van der Waals surface area contributed by atoms with E-state index in [2.05, 4.69) is 30.9 Å². The molecule has 182 valence electrons. The number of halogens is 4. The van der Waals surface area contributed by atoms with Crippen LogP contribution in [0.1, 0.15) is 29.4 Å². The van der Waals surface area contributed by atoms with Crippen LogP contribution in [0, 0.1) is 12.7 Å². The van der Waals surface area contributed by atoms with Crippen LogP contribution < -0.4 is 15.5 Å². The molecule has 1 aliphatic heterocycles. The standard InChI is InChI=1S/C20H20F4N8O.H2S/c1-10-16-17(31(3)11(2)18(33)27-16)28-19(26-10)25-7-14-9-32(30-29-14)8-12-6-13(21)4-5-15(12)20(22,23)24;/h4-6,9,11H,7-8H2,1-3H3,(H,27,33)(H,25,26,28);1H2/t11-;/m0./s1. The van der Waals surface area contributed by atoms with Gasteiger partial charge >= 0.3 is 6.18 Å². The van der Waals surface area contributed by atoms with Gasteiger partial charge in [0.05, 0.1) is 30.5 Å². The highest BCUT2D eigenvalue weighted by Gasteiger charge is 2.33. The van der Waals surface area contributed by atoms with Crippen LogP contribution in [-0.4, -0.2) is 44.0 Å². The number of nitrogens with zero attached hydrogens (tertiary/aromatic N) is 6. The van der Waals surface area contributed by atoms with Crippen molar-refractivity contribution in [2.75, 3.05) is 22.6 Å². The molecule has 1 atom stereocenters. The van der Waals surface area contributed by atoms with E-state index < -0.39 is 23.6 Å². The quantitative estimate of drug-likeness (QED) is 0.522. The first-order chi connectivity index (χ1) is 15.5. The van der Waals surface area contributed by atoms with Crippen LogP contribution in [0.25, 0.3) is 0 Å². The van der Waals surface area contributed by atoms with E-state index in [1.165, 1.54) is 10.9 Å². The molecule has 1 aliphatic rings. The Balaban J connectivity index is 0.00000324. The minimum atomic E-state index is -4.61. The highest BCUT2D eigenvalue weighted by atomic mass is 32.1. The number of rotatable bonds is 5. The van der Waals surface area contributed by atoms with E-state index in [0.29, 0.717) is 34.9 Å². The van der Waals surface area contributed by atoms with Gasteiger partial charge in [-0.25, -0.2) is 14.1 Å². The Bertz CT molecular complexity index is 1220. The smallest absolute Gasteiger partial charge is 0.348 e. The summed E-state index contributed by atoms with van der Waals surface area (Å²) in [6, 6.07) is 1.92. The average Bonchev–Trinajstić information content (AvgIpc) is 3.18. The normalized spacial score (nSPS) is 15.4. The molecule has 9 nitrogen and oxygen atoms in total. The van der Waals surface area contributed by atoms with Crippen molar-refractivity contribution in [3.63, 3.8) is 0 Å². The third kappa shape index (κ3) is 5.05. The molecule has 3 aromatic rings. The maximum atomic E-state index is 13.5. The number of benzene rings is 1. The lowest BCUT2D eigenvalue weighted by Gasteiger charge is -2.32. The maximum Gasteiger partial charge on any atom is 0.416 e. The Morgan fingerprint density at radius 1 is 1.24 bits per heavy atom. The van der Waals surface area contributed by atoms with Crippen molar-refractivity contribution in [1.29, 1.82) is 0 Å². The van der Waals surface area contributed by atoms with Crippen LogP contribution in [0.15, 0.2) is 24.4 Å². The first kappa shape index (κ1) is 25.2. The van der Waals surface area contributed by atoms with E-state index >= 15 is 0 Å². The number of likely N-dealkylation sites (N-methyl/N-ethyl adjacent to an activating group) is 1. The molecule has 34 heavy (non-hydrogen) atoms. The fraction of sp³-hybridized carbons (Fsp3) is 0.350. The van der Waals surface area contributed by atoms with E-state index in [-0.39, 0.29) is 38.1 Å². The summed E-state index contributed by atoms with van der Waals surface area (Å²) in [7, 11) is 1.76. The van der Waals surface area contributed by atoms with Crippen LogP contribution in [0.3, 0.4) is 0 Å². The molecule has 0 unspecified atom stereocenters. The number of anilines is 3. The van der Waals surface area contributed by atoms with Gasteiger partial charge in [0.1, 0.15) is 23.2 Å². The summed E-state index contributed by atoms with van der Waals surface area (Å²) < 4.78 is 54.3. The van der Waals surface area contributed by atoms with E-state index in [4.69, 9.17) is 0 Å². The molecule has 0 fully saturated rings. The Hall–Kier alpha value is -3.42. The fourth-order valence-corrected chi connectivity index (χ4v) is 3.44. The molecule has 0 aliphatic carbocycles. The Labute approximate surface area is 199 Å². The van der Waals surface area contributed by atoms with Gasteiger partial charge in [-0.05, 0) is 37.6 Å². The third-order valence-corrected chi connectivity index (χ3v) is 5.33. The summed E-state index contributed by atoms with van der Waals surface area (Å²) in [6.45, 7) is 3.35. The summed E-state index contributed by atoms with van der Waals surface area (Å²) in [5.41, 5.74) is 0.355. The molecular weight excluding hydrogens is 476 g/mol. The number of alkyl halides is 3. The SMILES string of the molecule is Cc1nc(NCc2cn(Cc3cc(F)ccc3C(F)(F)F)nn2)nc2c1NC(=O)[C@H](C)N2C.S. The van der Waals surface area contributed by atoms with Gasteiger partial charge in [-0.2, -0.15) is 31.7 Å². The predicted octanol–water partition coefficient (Wildman–Crippen LogP) is 3.08. The topological polar surface area (TPSA) is 101 Å². The zero-order chi connectivity index (χ0) is 23.9. The molecule has 0 saturated heterocycles. The van der Waals surface area contributed by atoms with Crippen molar-refractivity contribution < 1.29 is 22.4 Å². The lowest BCUT2D eigenvalue weighted by molar-refractivity contribution is -0.138. The van der Waals surface area contributed by atoms with E-state index in [1.54, 1.807) is 25.8 Å². The largest absolute Gasteiger partial charge is 0.416 e. The van der Waals surface area contributed by atoms with Crippen LogP contribution in [0.5, 0.6) is 0 Å². The number of carbonyl (C=O) groups excluding carboxylic acids is 1. The van der Waals surface area contributed by atoms with Crippen LogP contribution in [0.4, 0.5) is 35.0 Å². The first-order valence-corrected chi connectivity index (χ1v) is 9.93. The second kappa shape index (κ2) is 9.44. The molecule has 2 aromatic heterocycles. The number of aryl methyl sites for hydroxylation is 1. The van der Waals surface area contributed by atoms with Gasteiger partial charge in [0.25, 0.3) is 0 Å². The summed E-state index contributed by atoms with van der Waals surface area (Å²) >= 11 is 0. The van der Waals surface area contributed by atoms with E-state index in [0.717, 1.165) is 12.1 Å². The number of fused-ring (bicyclic) bond motifs is 1. The van der Waals surface area contributed by atoms with Gasteiger partial charge in [0.2, 0.25) is 11.9 Å². The average molecular weight is 499 g/mol. The zero-order valence-corrected chi connectivity index (χ0v) is 19.4. The highest BCUT2D eigenvalue weighted by molar-refractivity contribution is 7.59. The predicted molar refractivity (Wildman–Crippen MR) is 121 cm³/mol. The second-order valence-corrected chi connectivity index (χ2v) is 7.67. The lowest BCUT2D eigenvalue weighted by atomic mass is 10.1. The molecule has 3 heterocycles. The Kier molecular flexibility index (Phi) is 7.00. The molecule has 14 heteroatoms. The van der Waals surface area contributed by atoms with Crippen LogP contribution in [-0.2, 0) is 24.1 Å². The van der Waals surface area contributed by atoms with Crippen LogP contribution in [0.2, 0.25) is 0 Å².